The maximum Gasteiger partial charge on any atom is 0.180 e. The van der Waals surface area contributed by atoms with Crippen LogP contribution in [-0.4, -0.2) is 15.0 Å². The summed E-state index contributed by atoms with van der Waals surface area (Å²) in [5.74, 6) is 1.54. The summed E-state index contributed by atoms with van der Waals surface area (Å²) >= 11 is 0. The molecule has 0 aliphatic heterocycles. The van der Waals surface area contributed by atoms with Gasteiger partial charge in [-0.1, -0.05) is 30.3 Å². The minimum absolute atomic E-state index is 0.662. The predicted molar refractivity (Wildman–Crippen MR) is 66.8 cm³/mol. The molecule has 0 saturated heterocycles. The molecule has 0 aliphatic rings. The average molecular weight is 237 g/mol. The minimum atomic E-state index is 0.662. The van der Waals surface area contributed by atoms with Crippen molar-refractivity contribution in [2.75, 3.05) is 0 Å². The largest absolute Gasteiger partial charge is 0.448 e. The SMILES string of the molecule is c1ccc(-c2ncc(Cc3cnco3)cn2)cc1. The highest BCUT2D eigenvalue weighted by Crippen LogP contribution is 2.14. The molecule has 0 spiro atoms. The molecule has 2 heterocycles. The molecule has 2 aromatic heterocycles. The zero-order valence-corrected chi connectivity index (χ0v) is 9.65. The van der Waals surface area contributed by atoms with Crippen LogP contribution in [0.2, 0.25) is 0 Å². The van der Waals surface area contributed by atoms with Crippen LogP contribution >= 0.6 is 0 Å². The van der Waals surface area contributed by atoms with E-state index in [1.54, 1.807) is 6.20 Å². The number of hydrogen-bond acceptors (Lipinski definition) is 4. The molecule has 18 heavy (non-hydrogen) atoms. The van der Waals surface area contributed by atoms with E-state index in [1.807, 2.05) is 42.7 Å². The van der Waals surface area contributed by atoms with Gasteiger partial charge in [0.05, 0.1) is 6.20 Å². The first-order valence-electron chi connectivity index (χ1n) is 5.65. The Morgan fingerprint density at radius 1 is 0.944 bits per heavy atom. The van der Waals surface area contributed by atoms with Crippen LogP contribution in [-0.2, 0) is 6.42 Å². The zero-order valence-electron chi connectivity index (χ0n) is 9.65. The van der Waals surface area contributed by atoms with Crippen molar-refractivity contribution in [3.8, 4) is 11.4 Å². The predicted octanol–water partition coefficient (Wildman–Crippen LogP) is 2.72. The lowest BCUT2D eigenvalue weighted by Gasteiger charge is -2.01. The Labute approximate surface area is 104 Å². The summed E-state index contributed by atoms with van der Waals surface area (Å²) < 4.78 is 5.19. The molecular weight excluding hydrogens is 226 g/mol. The number of nitrogens with zero attached hydrogens (tertiary/aromatic N) is 3. The van der Waals surface area contributed by atoms with Crippen LogP contribution in [0.1, 0.15) is 11.3 Å². The van der Waals surface area contributed by atoms with Crippen LogP contribution in [0.25, 0.3) is 11.4 Å². The van der Waals surface area contributed by atoms with Crippen molar-refractivity contribution in [2.24, 2.45) is 0 Å². The summed E-state index contributed by atoms with van der Waals surface area (Å²) in [5.41, 5.74) is 2.02. The first kappa shape index (κ1) is 10.7. The third kappa shape index (κ3) is 2.27. The summed E-state index contributed by atoms with van der Waals surface area (Å²) in [7, 11) is 0. The van der Waals surface area contributed by atoms with Gasteiger partial charge in [-0.3, -0.25) is 0 Å². The van der Waals surface area contributed by atoms with Gasteiger partial charge in [0.1, 0.15) is 5.76 Å². The van der Waals surface area contributed by atoms with Crippen LogP contribution in [0, 0.1) is 0 Å². The molecule has 3 rings (SSSR count). The summed E-state index contributed by atoms with van der Waals surface area (Å²) in [5, 5.41) is 0. The first-order chi connectivity index (χ1) is 8.92. The summed E-state index contributed by atoms with van der Waals surface area (Å²) in [6.45, 7) is 0. The third-order valence-corrected chi connectivity index (χ3v) is 2.60. The van der Waals surface area contributed by atoms with Gasteiger partial charge in [-0.15, -0.1) is 0 Å². The highest BCUT2D eigenvalue weighted by molar-refractivity contribution is 5.53. The first-order valence-corrected chi connectivity index (χ1v) is 5.65. The fraction of sp³-hybridized carbons (Fsp3) is 0.0714. The van der Waals surface area contributed by atoms with E-state index in [2.05, 4.69) is 15.0 Å². The van der Waals surface area contributed by atoms with E-state index in [1.165, 1.54) is 6.39 Å². The van der Waals surface area contributed by atoms with E-state index in [4.69, 9.17) is 4.42 Å². The molecule has 0 atom stereocenters. The molecule has 4 heteroatoms. The molecule has 0 amide bonds. The quantitative estimate of drug-likeness (QED) is 0.702. The lowest BCUT2D eigenvalue weighted by Crippen LogP contribution is -1.93. The van der Waals surface area contributed by atoms with Gasteiger partial charge in [-0.25, -0.2) is 15.0 Å². The summed E-state index contributed by atoms with van der Waals surface area (Å²) in [6, 6.07) is 9.90. The smallest absolute Gasteiger partial charge is 0.180 e. The molecule has 0 N–H and O–H groups in total. The Hall–Kier alpha value is -2.49. The Bertz CT molecular complexity index is 603. The fourth-order valence-corrected chi connectivity index (χ4v) is 1.71. The van der Waals surface area contributed by atoms with E-state index < -0.39 is 0 Å². The van der Waals surface area contributed by atoms with E-state index in [0.29, 0.717) is 6.42 Å². The molecule has 0 aliphatic carbocycles. The second kappa shape index (κ2) is 4.79. The number of benzene rings is 1. The van der Waals surface area contributed by atoms with Crippen molar-refractivity contribution in [1.82, 2.24) is 15.0 Å². The van der Waals surface area contributed by atoms with E-state index in [9.17, 15) is 0 Å². The second-order valence-corrected chi connectivity index (χ2v) is 3.93. The second-order valence-electron chi connectivity index (χ2n) is 3.93. The van der Waals surface area contributed by atoms with Crippen molar-refractivity contribution in [1.29, 1.82) is 0 Å². The van der Waals surface area contributed by atoms with Gasteiger partial charge >= 0.3 is 0 Å². The Morgan fingerprint density at radius 2 is 1.72 bits per heavy atom. The molecule has 88 valence electrons. The molecule has 0 fully saturated rings. The highest BCUT2D eigenvalue weighted by atomic mass is 16.3. The third-order valence-electron chi connectivity index (χ3n) is 2.60. The average Bonchev–Trinajstić information content (AvgIpc) is 2.94. The normalized spacial score (nSPS) is 10.4. The van der Waals surface area contributed by atoms with Crippen LogP contribution in [0.15, 0.2) is 59.7 Å². The van der Waals surface area contributed by atoms with Gasteiger partial charge in [0.25, 0.3) is 0 Å². The molecule has 4 nitrogen and oxygen atoms in total. The summed E-state index contributed by atoms with van der Waals surface area (Å²) in [6.07, 6.45) is 7.42. The van der Waals surface area contributed by atoms with Gasteiger partial charge in [0.15, 0.2) is 12.2 Å². The van der Waals surface area contributed by atoms with Gasteiger partial charge < -0.3 is 4.42 Å². The van der Waals surface area contributed by atoms with Gasteiger partial charge in [-0.2, -0.15) is 0 Å². The van der Waals surface area contributed by atoms with E-state index in [0.717, 1.165) is 22.7 Å². The molecule has 0 radical (unpaired) electrons. The fourth-order valence-electron chi connectivity index (χ4n) is 1.71. The van der Waals surface area contributed by atoms with Crippen LogP contribution in [0.4, 0.5) is 0 Å². The minimum Gasteiger partial charge on any atom is -0.448 e. The monoisotopic (exact) mass is 237 g/mol. The van der Waals surface area contributed by atoms with Gasteiger partial charge in [0, 0.05) is 24.4 Å². The number of hydrogen-bond donors (Lipinski definition) is 0. The van der Waals surface area contributed by atoms with Crippen molar-refractivity contribution < 1.29 is 4.42 Å². The van der Waals surface area contributed by atoms with Crippen LogP contribution in [0.5, 0.6) is 0 Å². The van der Waals surface area contributed by atoms with Crippen molar-refractivity contribution in [3.63, 3.8) is 0 Å². The van der Waals surface area contributed by atoms with Gasteiger partial charge in [-0.05, 0) is 5.56 Å². The lowest BCUT2D eigenvalue weighted by molar-refractivity contribution is 0.514. The van der Waals surface area contributed by atoms with Crippen molar-refractivity contribution in [2.45, 2.75) is 6.42 Å². The number of oxazole rings is 1. The maximum atomic E-state index is 5.19. The van der Waals surface area contributed by atoms with Crippen molar-refractivity contribution >= 4 is 0 Å². The molecule has 1 aromatic carbocycles. The van der Waals surface area contributed by atoms with Crippen LogP contribution in [0.3, 0.4) is 0 Å². The maximum absolute atomic E-state index is 5.19. The molecule has 0 unspecified atom stereocenters. The van der Waals surface area contributed by atoms with E-state index >= 15 is 0 Å². The van der Waals surface area contributed by atoms with E-state index in [-0.39, 0.29) is 0 Å². The number of rotatable bonds is 3. The zero-order chi connectivity index (χ0) is 12.2. The standard InChI is InChI=1S/C14H11N3O/c1-2-4-12(5-3-1)14-16-7-11(8-17-14)6-13-9-15-10-18-13/h1-5,7-10H,6H2. The Kier molecular flexibility index (Phi) is 2.84. The molecule has 0 bridgehead atoms. The molecule has 0 saturated carbocycles. The van der Waals surface area contributed by atoms with Crippen LogP contribution < -0.4 is 0 Å². The molecular formula is C14H11N3O. The molecule has 3 aromatic rings. The van der Waals surface area contributed by atoms with Gasteiger partial charge in [0.2, 0.25) is 0 Å². The lowest BCUT2D eigenvalue weighted by atomic mass is 10.2. The highest BCUT2D eigenvalue weighted by Gasteiger charge is 2.03. The Balaban J connectivity index is 1.81. The number of aromatic nitrogens is 3. The van der Waals surface area contributed by atoms with Crippen molar-refractivity contribution in [3.05, 3.63) is 66.6 Å². The summed E-state index contributed by atoms with van der Waals surface area (Å²) in [4.78, 5) is 12.6. The Morgan fingerprint density at radius 3 is 2.39 bits per heavy atom. The topological polar surface area (TPSA) is 51.8 Å².